The van der Waals surface area contributed by atoms with Crippen molar-refractivity contribution in [2.24, 2.45) is 5.92 Å². The van der Waals surface area contributed by atoms with Gasteiger partial charge in [0.15, 0.2) is 0 Å². The van der Waals surface area contributed by atoms with Crippen molar-refractivity contribution in [3.05, 3.63) is 22.6 Å². The number of aryl methyl sites for hydroxylation is 2. The third kappa shape index (κ3) is 2.81. The summed E-state index contributed by atoms with van der Waals surface area (Å²) in [4.78, 5) is 14.5. The number of amides is 1. The first-order valence-electron chi connectivity index (χ1n) is 6.91. The highest BCUT2D eigenvalue weighted by Gasteiger charge is 2.29. The van der Waals surface area contributed by atoms with Crippen molar-refractivity contribution in [2.75, 3.05) is 13.1 Å². The summed E-state index contributed by atoms with van der Waals surface area (Å²) in [6.45, 7) is 9.35. The molecule has 0 saturated carbocycles. The van der Waals surface area contributed by atoms with E-state index in [9.17, 15) is 4.79 Å². The lowest BCUT2D eigenvalue weighted by molar-refractivity contribution is 0.0687. The molecule has 0 radical (unpaired) electrons. The van der Waals surface area contributed by atoms with Gasteiger partial charge in [-0.2, -0.15) is 0 Å². The van der Waals surface area contributed by atoms with E-state index in [1.165, 1.54) is 0 Å². The third-order valence-electron chi connectivity index (χ3n) is 4.25. The highest BCUT2D eigenvalue weighted by Crippen LogP contribution is 2.27. The first-order chi connectivity index (χ1) is 8.91. The third-order valence-corrected chi connectivity index (χ3v) is 4.61. The summed E-state index contributed by atoms with van der Waals surface area (Å²) >= 11 is 6.14. The molecule has 0 N–H and O–H groups in total. The highest BCUT2D eigenvalue weighted by molar-refractivity contribution is 6.20. The molecule has 1 unspecified atom stereocenters. The number of hydrogen-bond donors (Lipinski definition) is 0. The molecule has 2 rings (SSSR count). The normalized spacial score (nSPS) is 18.7. The minimum atomic E-state index is 0.104. The zero-order chi connectivity index (χ0) is 14.2. The van der Waals surface area contributed by atoms with Crippen LogP contribution in [0.1, 0.15) is 47.2 Å². The first kappa shape index (κ1) is 14.4. The second-order valence-corrected chi connectivity index (χ2v) is 6.21. The minimum Gasteiger partial charge on any atom is -0.466 e. The van der Waals surface area contributed by atoms with Gasteiger partial charge in [-0.3, -0.25) is 4.79 Å². The Bertz CT molecular complexity index is 471. The van der Waals surface area contributed by atoms with Crippen LogP contribution in [0.25, 0.3) is 0 Å². The minimum absolute atomic E-state index is 0.104. The van der Waals surface area contributed by atoms with Gasteiger partial charge in [-0.1, -0.05) is 0 Å². The van der Waals surface area contributed by atoms with Crippen LogP contribution in [0.3, 0.4) is 0 Å². The SMILES string of the molecule is Cc1oc(C)c(C(=O)N2CCC(C(C)Cl)CC2)c1C. The van der Waals surface area contributed by atoms with Crippen molar-refractivity contribution in [2.45, 2.75) is 45.9 Å². The van der Waals surface area contributed by atoms with Crippen LogP contribution in [-0.2, 0) is 0 Å². The molecule has 1 fully saturated rings. The van der Waals surface area contributed by atoms with Crippen LogP contribution >= 0.6 is 11.6 Å². The van der Waals surface area contributed by atoms with Crippen molar-refractivity contribution < 1.29 is 9.21 Å². The van der Waals surface area contributed by atoms with Crippen LogP contribution in [0.2, 0.25) is 0 Å². The molecule has 0 spiro atoms. The number of nitrogens with zero attached hydrogens (tertiary/aromatic N) is 1. The summed E-state index contributed by atoms with van der Waals surface area (Å²) in [5.41, 5.74) is 1.71. The molecule has 0 bridgehead atoms. The lowest BCUT2D eigenvalue weighted by atomic mass is 9.93. The summed E-state index contributed by atoms with van der Waals surface area (Å²) < 4.78 is 5.55. The molecule has 19 heavy (non-hydrogen) atoms. The van der Waals surface area contributed by atoms with Gasteiger partial charge in [-0.15, -0.1) is 11.6 Å². The Kier molecular flexibility index (Phi) is 4.24. The van der Waals surface area contributed by atoms with Gasteiger partial charge in [0.2, 0.25) is 0 Å². The van der Waals surface area contributed by atoms with E-state index in [0.717, 1.165) is 48.6 Å². The fraction of sp³-hybridized carbons (Fsp3) is 0.667. The molecule has 1 aromatic heterocycles. The fourth-order valence-corrected chi connectivity index (χ4v) is 3.08. The van der Waals surface area contributed by atoms with E-state index in [4.69, 9.17) is 16.0 Å². The predicted octanol–water partition coefficient (Wildman–Crippen LogP) is 3.68. The average Bonchev–Trinajstić information content (AvgIpc) is 2.62. The number of piperidine rings is 1. The molecule has 3 nitrogen and oxygen atoms in total. The highest BCUT2D eigenvalue weighted by atomic mass is 35.5. The molecule has 1 aromatic rings. The standard InChI is InChI=1S/C15H22ClNO2/c1-9-11(3)19-12(4)14(9)15(18)17-7-5-13(6-8-17)10(2)16/h10,13H,5-8H2,1-4H3. The predicted molar refractivity (Wildman–Crippen MR) is 76.9 cm³/mol. The van der Waals surface area contributed by atoms with E-state index in [1.54, 1.807) is 0 Å². The van der Waals surface area contributed by atoms with Crippen LogP contribution in [-0.4, -0.2) is 29.3 Å². The molecule has 1 amide bonds. The topological polar surface area (TPSA) is 33.5 Å². The Balaban J connectivity index is 2.10. The number of carbonyl (C=O) groups excluding carboxylic acids is 1. The van der Waals surface area contributed by atoms with Crippen molar-refractivity contribution in [3.8, 4) is 0 Å². The Hall–Kier alpha value is -0.960. The molecule has 1 atom stereocenters. The number of likely N-dealkylation sites (tertiary alicyclic amines) is 1. The van der Waals surface area contributed by atoms with E-state index in [1.807, 2.05) is 32.6 Å². The maximum absolute atomic E-state index is 12.6. The van der Waals surface area contributed by atoms with Gasteiger partial charge >= 0.3 is 0 Å². The number of alkyl halides is 1. The Morgan fingerprint density at radius 3 is 2.26 bits per heavy atom. The first-order valence-corrected chi connectivity index (χ1v) is 7.35. The number of halogens is 1. The molecule has 1 aliphatic heterocycles. The second-order valence-electron chi connectivity index (χ2n) is 5.52. The van der Waals surface area contributed by atoms with Crippen LogP contribution < -0.4 is 0 Å². The second kappa shape index (κ2) is 5.58. The molecular weight excluding hydrogens is 262 g/mol. The molecular formula is C15H22ClNO2. The van der Waals surface area contributed by atoms with Crippen LogP contribution in [0.4, 0.5) is 0 Å². The summed E-state index contributed by atoms with van der Waals surface area (Å²) in [5.74, 6) is 2.20. The van der Waals surface area contributed by atoms with Gasteiger partial charge in [0, 0.05) is 24.0 Å². The number of furan rings is 1. The molecule has 4 heteroatoms. The molecule has 0 aliphatic carbocycles. The smallest absolute Gasteiger partial charge is 0.257 e. The summed E-state index contributed by atoms with van der Waals surface area (Å²) in [7, 11) is 0. The van der Waals surface area contributed by atoms with Gasteiger partial charge in [-0.05, 0) is 46.5 Å². The summed E-state index contributed by atoms with van der Waals surface area (Å²) in [6, 6.07) is 0. The van der Waals surface area contributed by atoms with Crippen molar-refractivity contribution >= 4 is 17.5 Å². The zero-order valence-corrected chi connectivity index (χ0v) is 12.9. The van der Waals surface area contributed by atoms with Crippen LogP contribution in [0.5, 0.6) is 0 Å². The molecule has 0 aromatic carbocycles. The molecule has 1 aliphatic rings. The van der Waals surface area contributed by atoms with E-state index in [0.29, 0.717) is 5.92 Å². The fourth-order valence-electron chi connectivity index (χ4n) is 2.83. The van der Waals surface area contributed by atoms with Crippen molar-refractivity contribution in [1.29, 1.82) is 0 Å². The van der Waals surface area contributed by atoms with E-state index in [2.05, 4.69) is 0 Å². The number of rotatable bonds is 2. The zero-order valence-electron chi connectivity index (χ0n) is 12.1. The van der Waals surface area contributed by atoms with Crippen molar-refractivity contribution in [3.63, 3.8) is 0 Å². The average molecular weight is 284 g/mol. The molecule has 106 valence electrons. The van der Waals surface area contributed by atoms with Crippen molar-refractivity contribution in [1.82, 2.24) is 4.90 Å². The Morgan fingerprint density at radius 2 is 1.84 bits per heavy atom. The lowest BCUT2D eigenvalue weighted by Gasteiger charge is -2.33. The summed E-state index contributed by atoms with van der Waals surface area (Å²) in [5, 5.41) is 0.192. The van der Waals surface area contributed by atoms with Crippen LogP contribution in [0.15, 0.2) is 4.42 Å². The van der Waals surface area contributed by atoms with E-state index >= 15 is 0 Å². The van der Waals surface area contributed by atoms with E-state index < -0.39 is 0 Å². The number of hydrogen-bond acceptors (Lipinski definition) is 2. The summed E-state index contributed by atoms with van der Waals surface area (Å²) in [6.07, 6.45) is 1.98. The van der Waals surface area contributed by atoms with Gasteiger partial charge in [0.05, 0.1) is 5.56 Å². The largest absolute Gasteiger partial charge is 0.466 e. The van der Waals surface area contributed by atoms with Gasteiger partial charge in [0.25, 0.3) is 5.91 Å². The molecule has 2 heterocycles. The van der Waals surface area contributed by atoms with Gasteiger partial charge < -0.3 is 9.32 Å². The van der Waals surface area contributed by atoms with Gasteiger partial charge in [-0.25, -0.2) is 0 Å². The quantitative estimate of drug-likeness (QED) is 0.776. The maximum Gasteiger partial charge on any atom is 0.257 e. The number of carbonyl (C=O) groups is 1. The Labute approximate surface area is 119 Å². The Morgan fingerprint density at radius 1 is 1.26 bits per heavy atom. The van der Waals surface area contributed by atoms with Gasteiger partial charge in [0.1, 0.15) is 11.5 Å². The molecule has 1 saturated heterocycles. The lowest BCUT2D eigenvalue weighted by Crippen LogP contribution is -2.40. The van der Waals surface area contributed by atoms with Crippen LogP contribution in [0, 0.1) is 26.7 Å². The van der Waals surface area contributed by atoms with E-state index in [-0.39, 0.29) is 11.3 Å². The maximum atomic E-state index is 12.6. The monoisotopic (exact) mass is 283 g/mol.